The summed E-state index contributed by atoms with van der Waals surface area (Å²) in [6, 6.07) is 11.3. The molecule has 0 aliphatic carbocycles. The summed E-state index contributed by atoms with van der Waals surface area (Å²) in [5.74, 6) is 0.0889. The first-order valence-corrected chi connectivity index (χ1v) is 9.10. The van der Waals surface area contributed by atoms with Gasteiger partial charge < -0.3 is 14.5 Å². The summed E-state index contributed by atoms with van der Waals surface area (Å²) in [7, 11) is 0. The Morgan fingerprint density at radius 2 is 1.73 bits per heavy atom. The maximum Gasteiger partial charge on any atom is 0.263 e. The molecule has 1 fully saturated rings. The molecule has 1 saturated heterocycles. The maximum atomic E-state index is 13.0. The Hall–Kier alpha value is -1.98. The third-order valence-electron chi connectivity index (χ3n) is 4.33. The molecule has 0 saturated carbocycles. The lowest BCUT2D eigenvalue weighted by atomic mass is 10.2. The number of piperazine rings is 1. The highest BCUT2D eigenvalue weighted by Gasteiger charge is 2.26. The number of carbonyl (C=O) groups is 1. The van der Waals surface area contributed by atoms with Crippen LogP contribution in [0.3, 0.4) is 0 Å². The number of carbonyl (C=O) groups excluding carboxylic acids is 1. The minimum Gasteiger partial charge on any atom is -0.479 e. The van der Waals surface area contributed by atoms with Crippen molar-refractivity contribution < 1.29 is 13.9 Å². The number of ether oxygens (including phenoxy) is 1. The summed E-state index contributed by atoms with van der Waals surface area (Å²) >= 11 is 12.0. The standard InChI is InChI=1S/C19H19Cl2FN2O2/c1-13(26-18-7-2-14(20)12-17(18)21)19(25)24-10-8-23(9-11-24)16-5-3-15(22)4-6-16/h2-7,12-13H,8-11H2,1H3/t13-/m0/s1. The summed E-state index contributed by atoms with van der Waals surface area (Å²) in [5.41, 5.74) is 0.954. The largest absolute Gasteiger partial charge is 0.479 e. The van der Waals surface area contributed by atoms with Gasteiger partial charge in [-0.25, -0.2) is 4.39 Å². The molecule has 1 aliphatic rings. The minimum atomic E-state index is -0.647. The lowest BCUT2D eigenvalue weighted by molar-refractivity contribution is -0.138. The van der Waals surface area contributed by atoms with Crippen molar-refractivity contribution in [2.45, 2.75) is 13.0 Å². The second-order valence-electron chi connectivity index (χ2n) is 6.12. The fraction of sp³-hybridized carbons (Fsp3) is 0.316. The molecule has 2 aromatic rings. The van der Waals surface area contributed by atoms with Crippen molar-refractivity contribution >= 4 is 34.8 Å². The Morgan fingerprint density at radius 1 is 1.08 bits per heavy atom. The molecule has 138 valence electrons. The van der Waals surface area contributed by atoms with Crippen molar-refractivity contribution in [2.75, 3.05) is 31.1 Å². The Kier molecular flexibility index (Phi) is 5.89. The highest BCUT2D eigenvalue weighted by molar-refractivity contribution is 6.35. The van der Waals surface area contributed by atoms with Crippen molar-refractivity contribution in [3.63, 3.8) is 0 Å². The van der Waals surface area contributed by atoms with E-state index in [2.05, 4.69) is 4.90 Å². The van der Waals surface area contributed by atoms with E-state index >= 15 is 0 Å². The van der Waals surface area contributed by atoms with Gasteiger partial charge in [-0.05, 0) is 49.4 Å². The Balaban J connectivity index is 1.56. The zero-order valence-corrected chi connectivity index (χ0v) is 15.8. The molecule has 0 unspecified atom stereocenters. The molecular weight excluding hydrogens is 378 g/mol. The molecule has 7 heteroatoms. The number of anilines is 1. The average Bonchev–Trinajstić information content (AvgIpc) is 2.64. The third kappa shape index (κ3) is 4.40. The number of benzene rings is 2. The predicted octanol–water partition coefficient (Wildman–Crippen LogP) is 4.25. The van der Waals surface area contributed by atoms with Gasteiger partial charge in [-0.3, -0.25) is 4.79 Å². The molecule has 0 spiro atoms. The van der Waals surface area contributed by atoms with Crippen LogP contribution >= 0.6 is 23.2 Å². The van der Waals surface area contributed by atoms with Gasteiger partial charge in [0.2, 0.25) is 0 Å². The van der Waals surface area contributed by atoms with Crippen LogP contribution in [0.4, 0.5) is 10.1 Å². The van der Waals surface area contributed by atoms with Crippen molar-refractivity contribution in [3.8, 4) is 5.75 Å². The van der Waals surface area contributed by atoms with Crippen molar-refractivity contribution in [3.05, 3.63) is 58.3 Å². The van der Waals surface area contributed by atoms with Gasteiger partial charge >= 0.3 is 0 Å². The van der Waals surface area contributed by atoms with E-state index in [-0.39, 0.29) is 11.7 Å². The topological polar surface area (TPSA) is 32.8 Å². The molecule has 3 rings (SSSR count). The highest BCUT2D eigenvalue weighted by atomic mass is 35.5. The summed E-state index contributed by atoms with van der Waals surface area (Å²) in [4.78, 5) is 16.5. The van der Waals surface area contributed by atoms with Crippen LogP contribution in [0.15, 0.2) is 42.5 Å². The summed E-state index contributed by atoms with van der Waals surface area (Å²) in [6.45, 7) is 4.24. The van der Waals surface area contributed by atoms with Gasteiger partial charge in [-0.2, -0.15) is 0 Å². The first-order chi connectivity index (χ1) is 12.4. The second kappa shape index (κ2) is 8.14. The van der Waals surface area contributed by atoms with E-state index in [9.17, 15) is 9.18 Å². The molecule has 2 aromatic carbocycles. The molecule has 26 heavy (non-hydrogen) atoms. The van der Waals surface area contributed by atoms with Crippen LogP contribution in [0.1, 0.15) is 6.92 Å². The van der Waals surface area contributed by atoms with Crippen molar-refractivity contribution in [1.82, 2.24) is 4.90 Å². The van der Waals surface area contributed by atoms with Crippen molar-refractivity contribution in [2.24, 2.45) is 0 Å². The summed E-state index contributed by atoms with van der Waals surface area (Å²) < 4.78 is 18.7. The summed E-state index contributed by atoms with van der Waals surface area (Å²) in [5, 5.41) is 0.886. The number of rotatable bonds is 4. The fourth-order valence-electron chi connectivity index (χ4n) is 2.91. The lowest BCUT2D eigenvalue weighted by Gasteiger charge is -2.37. The first-order valence-electron chi connectivity index (χ1n) is 8.35. The normalized spacial score (nSPS) is 15.7. The SMILES string of the molecule is C[C@H](Oc1ccc(Cl)cc1Cl)C(=O)N1CCN(c2ccc(F)cc2)CC1. The van der Waals surface area contributed by atoms with E-state index in [4.69, 9.17) is 27.9 Å². The maximum absolute atomic E-state index is 13.0. The number of hydrogen-bond donors (Lipinski definition) is 0. The molecule has 0 N–H and O–H groups in total. The number of halogens is 3. The predicted molar refractivity (Wildman–Crippen MR) is 102 cm³/mol. The smallest absolute Gasteiger partial charge is 0.263 e. The molecule has 0 bridgehead atoms. The van der Waals surface area contributed by atoms with Gasteiger partial charge in [-0.1, -0.05) is 23.2 Å². The van der Waals surface area contributed by atoms with Crippen LogP contribution in [0, 0.1) is 5.82 Å². The molecule has 1 amide bonds. The first kappa shape index (κ1) is 18.8. The quantitative estimate of drug-likeness (QED) is 0.774. The Labute approximate surface area is 162 Å². The number of hydrogen-bond acceptors (Lipinski definition) is 3. The molecule has 0 radical (unpaired) electrons. The number of nitrogens with zero attached hydrogens (tertiary/aromatic N) is 2. The van der Waals surface area contributed by atoms with Gasteiger partial charge in [0.1, 0.15) is 11.6 Å². The van der Waals surface area contributed by atoms with E-state index in [0.29, 0.717) is 42.0 Å². The van der Waals surface area contributed by atoms with Crippen LogP contribution in [0.25, 0.3) is 0 Å². The molecule has 1 heterocycles. The zero-order valence-electron chi connectivity index (χ0n) is 14.3. The lowest BCUT2D eigenvalue weighted by Crippen LogP contribution is -2.52. The highest BCUT2D eigenvalue weighted by Crippen LogP contribution is 2.28. The van der Waals surface area contributed by atoms with Crippen LogP contribution in [0.2, 0.25) is 10.0 Å². The van der Waals surface area contributed by atoms with E-state index in [0.717, 1.165) is 5.69 Å². The second-order valence-corrected chi connectivity index (χ2v) is 6.97. The van der Waals surface area contributed by atoms with Gasteiger partial charge in [0.05, 0.1) is 5.02 Å². The molecule has 4 nitrogen and oxygen atoms in total. The van der Waals surface area contributed by atoms with E-state index in [1.807, 2.05) is 0 Å². The van der Waals surface area contributed by atoms with E-state index in [1.165, 1.54) is 12.1 Å². The minimum absolute atomic E-state index is 0.0882. The van der Waals surface area contributed by atoms with Crippen molar-refractivity contribution in [1.29, 1.82) is 0 Å². The Morgan fingerprint density at radius 3 is 2.35 bits per heavy atom. The van der Waals surface area contributed by atoms with Gasteiger partial charge in [0.25, 0.3) is 5.91 Å². The van der Waals surface area contributed by atoms with E-state index < -0.39 is 6.10 Å². The Bertz CT molecular complexity index is 778. The number of amides is 1. The van der Waals surface area contributed by atoms with E-state index in [1.54, 1.807) is 42.2 Å². The zero-order chi connectivity index (χ0) is 18.7. The average molecular weight is 397 g/mol. The van der Waals surface area contributed by atoms with Gasteiger partial charge in [0, 0.05) is 36.9 Å². The van der Waals surface area contributed by atoms with Gasteiger partial charge in [-0.15, -0.1) is 0 Å². The third-order valence-corrected chi connectivity index (χ3v) is 4.86. The van der Waals surface area contributed by atoms with Crippen LogP contribution in [-0.2, 0) is 4.79 Å². The molecule has 1 aliphatic heterocycles. The fourth-order valence-corrected chi connectivity index (χ4v) is 3.36. The monoisotopic (exact) mass is 396 g/mol. The van der Waals surface area contributed by atoms with Crippen LogP contribution in [0.5, 0.6) is 5.75 Å². The molecule has 1 atom stereocenters. The molecule has 0 aromatic heterocycles. The van der Waals surface area contributed by atoms with Crippen LogP contribution in [-0.4, -0.2) is 43.1 Å². The van der Waals surface area contributed by atoms with Crippen LogP contribution < -0.4 is 9.64 Å². The molecular formula is C19H19Cl2FN2O2. The van der Waals surface area contributed by atoms with Gasteiger partial charge in [0.15, 0.2) is 6.10 Å². The summed E-state index contributed by atoms with van der Waals surface area (Å²) in [6.07, 6.45) is -0.647.